The molecule has 4 saturated carbocycles. The van der Waals surface area contributed by atoms with Crippen LogP contribution in [0.1, 0.15) is 44.2 Å². The number of hydrogen-bond acceptors (Lipinski definition) is 2. The molecule has 4 fully saturated rings. The highest BCUT2D eigenvalue weighted by Gasteiger charge is 2.52. The Morgan fingerprint density at radius 2 is 1.57 bits per heavy atom. The molecule has 0 atom stereocenters. The first-order chi connectivity index (χ1) is 10.2. The Bertz CT molecular complexity index is 683. The molecule has 21 heavy (non-hydrogen) atoms. The fourth-order valence-corrected chi connectivity index (χ4v) is 5.90. The lowest BCUT2D eigenvalue weighted by atomic mass is 9.48. The lowest BCUT2D eigenvalue weighted by molar-refractivity contribution is -0.00703. The molecule has 0 spiro atoms. The summed E-state index contributed by atoms with van der Waals surface area (Å²) in [6.45, 7) is 0. The van der Waals surface area contributed by atoms with E-state index in [4.69, 9.17) is 10.7 Å². The smallest absolute Gasteiger partial charge is 0.0726 e. The number of aromatic nitrogens is 1. The van der Waals surface area contributed by atoms with E-state index >= 15 is 0 Å². The maximum Gasteiger partial charge on any atom is 0.0726 e. The molecule has 6 rings (SSSR count). The minimum Gasteiger partial charge on any atom is -0.398 e. The molecule has 2 N–H and O–H groups in total. The van der Waals surface area contributed by atoms with Crippen LogP contribution in [-0.4, -0.2) is 4.98 Å². The van der Waals surface area contributed by atoms with E-state index in [0.717, 1.165) is 34.3 Å². The summed E-state index contributed by atoms with van der Waals surface area (Å²) < 4.78 is 0. The van der Waals surface area contributed by atoms with Crippen molar-refractivity contribution in [2.75, 3.05) is 5.73 Å². The van der Waals surface area contributed by atoms with Gasteiger partial charge >= 0.3 is 0 Å². The highest BCUT2D eigenvalue weighted by molar-refractivity contribution is 5.90. The Hall–Kier alpha value is -1.57. The van der Waals surface area contributed by atoms with Crippen LogP contribution in [-0.2, 0) is 5.41 Å². The van der Waals surface area contributed by atoms with E-state index < -0.39 is 0 Å². The Labute approximate surface area is 125 Å². The molecule has 108 valence electrons. The first-order valence-corrected chi connectivity index (χ1v) is 8.38. The number of nitrogens with two attached hydrogens (primary N) is 1. The normalized spacial score (nSPS) is 37.2. The molecular formula is C19H22N2. The number of fused-ring (bicyclic) bond motifs is 1. The van der Waals surface area contributed by atoms with Crippen LogP contribution in [0.5, 0.6) is 0 Å². The van der Waals surface area contributed by atoms with Gasteiger partial charge in [-0.05, 0) is 68.4 Å². The number of anilines is 1. The van der Waals surface area contributed by atoms with Crippen molar-refractivity contribution >= 4 is 16.6 Å². The van der Waals surface area contributed by atoms with Gasteiger partial charge in [0, 0.05) is 22.2 Å². The highest BCUT2D eigenvalue weighted by atomic mass is 14.8. The predicted molar refractivity (Wildman–Crippen MR) is 86.0 cm³/mol. The van der Waals surface area contributed by atoms with Crippen molar-refractivity contribution in [3.63, 3.8) is 0 Å². The topological polar surface area (TPSA) is 38.9 Å². The molecule has 0 aliphatic heterocycles. The van der Waals surface area contributed by atoms with Crippen LogP contribution in [0.3, 0.4) is 0 Å². The third kappa shape index (κ3) is 1.68. The first kappa shape index (κ1) is 12.0. The maximum atomic E-state index is 6.34. The number of hydrogen-bond donors (Lipinski definition) is 1. The minimum absolute atomic E-state index is 0.340. The van der Waals surface area contributed by atoms with Crippen LogP contribution in [0.25, 0.3) is 10.9 Å². The van der Waals surface area contributed by atoms with Crippen LogP contribution >= 0.6 is 0 Å². The lowest BCUT2D eigenvalue weighted by Gasteiger charge is -2.56. The van der Waals surface area contributed by atoms with Gasteiger partial charge < -0.3 is 5.73 Å². The van der Waals surface area contributed by atoms with Gasteiger partial charge in [0.1, 0.15) is 0 Å². The van der Waals surface area contributed by atoms with Gasteiger partial charge in [0.05, 0.1) is 5.52 Å². The van der Waals surface area contributed by atoms with E-state index in [1.807, 2.05) is 6.07 Å². The van der Waals surface area contributed by atoms with Gasteiger partial charge in [-0.1, -0.05) is 18.2 Å². The molecule has 0 amide bonds. The van der Waals surface area contributed by atoms with Crippen LogP contribution in [0.2, 0.25) is 0 Å². The molecule has 2 aromatic rings. The van der Waals surface area contributed by atoms with Crippen molar-refractivity contribution in [1.29, 1.82) is 0 Å². The van der Waals surface area contributed by atoms with Gasteiger partial charge in [0.2, 0.25) is 0 Å². The van der Waals surface area contributed by atoms with Crippen LogP contribution in [0, 0.1) is 17.8 Å². The Kier molecular flexibility index (Phi) is 2.29. The summed E-state index contributed by atoms with van der Waals surface area (Å²) in [6.07, 6.45) is 8.48. The molecule has 0 radical (unpaired) electrons. The van der Waals surface area contributed by atoms with Crippen molar-refractivity contribution in [2.45, 2.75) is 43.9 Å². The molecule has 4 aliphatic carbocycles. The second kappa shape index (κ2) is 4.00. The average molecular weight is 278 g/mol. The highest BCUT2D eigenvalue weighted by Crippen LogP contribution is 2.60. The van der Waals surface area contributed by atoms with E-state index in [1.165, 1.54) is 44.2 Å². The molecule has 2 heteroatoms. The third-order valence-electron chi connectivity index (χ3n) is 6.33. The van der Waals surface area contributed by atoms with Crippen LogP contribution in [0.15, 0.2) is 30.3 Å². The second-order valence-electron chi connectivity index (χ2n) is 7.81. The Balaban J connectivity index is 1.67. The first-order valence-electron chi connectivity index (χ1n) is 8.38. The fourth-order valence-electron chi connectivity index (χ4n) is 5.90. The molecule has 4 bridgehead atoms. The fraction of sp³-hybridized carbons (Fsp3) is 0.526. The van der Waals surface area contributed by atoms with Gasteiger partial charge in [-0.2, -0.15) is 0 Å². The van der Waals surface area contributed by atoms with Crippen molar-refractivity contribution in [2.24, 2.45) is 17.8 Å². The molecule has 1 aromatic carbocycles. The average Bonchev–Trinajstić information content (AvgIpc) is 2.46. The molecule has 1 heterocycles. The number of benzene rings is 1. The Morgan fingerprint density at radius 3 is 2.24 bits per heavy atom. The third-order valence-corrected chi connectivity index (χ3v) is 6.33. The summed E-state index contributed by atoms with van der Waals surface area (Å²) in [4.78, 5) is 5.05. The maximum absolute atomic E-state index is 6.34. The minimum atomic E-state index is 0.340. The number of nitrogen functional groups attached to an aromatic ring is 1. The van der Waals surface area contributed by atoms with Crippen molar-refractivity contribution in [1.82, 2.24) is 4.98 Å². The zero-order valence-electron chi connectivity index (χ0n) is 12.4. The van der Waals surface area contributed by atoms with E-state index in [1.54, 1.807) is 0 Å². The zero-order valence-corrected chi connectivity index (χ0v) is 12.4. The summed E-state index contributed by atoms with van der Waals surface area (Å²) in [7, 11) is 0. The van der Waals surface area contributed by atoms with Crippen LogP contribution < -0.4 is 5.73 Å². The number of para-hydroxylation sites is 1. The lowest BCUT2D eigenvalue weighted by Crippen LogP contribution is -2.48. The molecule has 2 nitrogen and oxygen atoms in total. The molecule has 0 saturated heterocycles. The van der Waals surface area contributed by atoms with Crippen molar-refractivity contribution in [3.8, 4) is 0 Å². The van der Waals surface area contributed by atoms with Gasteiger partial charge in [0.25, 0.3) is 0 Å². The standard InChI is InChI=1S/C19H22N2/c20-16-8-18(21-17-4-2-1-3-15(16)17)19-9-12-5-13(10-19)7-14(6-12)11-19/h1-4,8,12-14H,5-7,9-11H2,(H2,20,21). The van der Waals surface area contributed by atoms with Gasteiger partial charge in [-0.25, -0.2) is 0 Å². The summed E-state index contributed by atoms with van der Waals surface area (Å²) in [5.74, 6) is 2.85. The predicted octanol–water partition coefficient (Wildman–Crippen LogP) is 4.28. The second-order valence-corrected chi connectivity index (χ2v) is 7.81. The van der Waals surface area contributed by atoms with Gasteiger partial charge in [-0.15, -0.1) is 0 Å². The molecule has 1 aromatic heterocycles. The summed E-state index contributed by atoms with van der Waals surface area (Å²) in [6, 6.07) is 10.5. The Morgan fingerprint density at radius 1 is 0.952 bits per heavy atom. The summed E-state index contributed by atoms with van der Waals surface area (Å²) >= 11 is 0. The van der Waals surface area contributed by atoms with Crippen molar-refractivity contribution < 1.29 is 0 Å². The van der Waals surface area contributed by atoms with E-state index in [9.17, 15) is 0 Å². The van der Waals surface area contributed by atoms with E-state index in [2.05, 4.69) is 24.3 Å². The number of rotatable bonds is 1. The largest absolute Gasteiger partial charge is 0.398 e. The van der Waals surface area contributed by atoms with Gasteiger partial charge in [-0.3, -0.25) is 4.98 Å². The molecular weight excluding hydrogens is 256 g/mol. The molecule has 0 unspecified atom stereocenters. The van der Waals surface area contributed by atoms with E-state index in [-0.39, 0.29) is 0 Å². The number of pyridine rings is 1. The van der Waals surface area contributed by atoms with Gasteiger partial charge in [0.15, 0.2) is 0 Å². The monoisotopic (exact) mass is 278 g/mol. The summed E-state index contributed by atoms with van der Waals surface area (Å²) in [5, 5.41) is 1.10. The zero-order chi connectivity index (χ0) is 14.0. The van der Waals surface area contributed by atoms with E-state index in [0.29, 0.717) is 5.41 Å². The quantitative estimate of drug-likeness (QED) is 0.845. The summed E-state index contributed by atoms with van der Waals surface area (Å²) in [5.41, 5.74) is 9.95. The van der Waals surface area contributed by atoms with Crippen molar-refractivity contribution in [3.05, 3.63) is 36.0 Å². The van der Waals surface area contributed by atoms with Crippen LogP contribution in [0.4, 0.5) is 5.69 Å². The molecule has 4 aliphatic rings. The number of nitrogens with zero attached hydrogens (tertiary/aromatic N) is 1. The SMILES string of the molecule is Nc1cc(C23CC4CC(CC(C4)C2)C3)nc2ccccc12.